The number of carbonyl (C=O) groups is 4. The maximum absolute atomic E-state index is 11.7. The van der Waals surface area contributed by atoms with Gasteiger partial charge in [0.25, 0.3) is 23.1 Å². The molecule has 2 heterocycles. The summed E-state index contributed by atoms with van der Waals surface area (Å²) in [7, 11) is 0. The number of allylic oxidation sites excluding steroid dienone is 8. The van der Waals surface area contributed by atoms with Gasteiger partial charge in [-0.3, -0.25) is 29.2 Å². The molecule has 14 nitrogen and oxygen atoms in total. The van der Waals surface area contributed by atoms with Gasteiger partial charge < -0.3 is 30.6 Å². The van der Waals surface area contributed by atoms with Crippen molar-refractivity contribution in [3.63, 3.8) is 0 Å². The molecular weight excluding hydrogens is 1550 g/mol. The number of aromatic nitrogens is 2. The van der Waals surface area contributed by atoms with Crippen molar-refractivity contribution in [1.82, 2.24) is 9.97 Å². The Kier molecular flexibility index (Phi) is 34.9. The molecule has 0 aliphatic rings. The molecule has 0 spiro atoms. The van der Waals surface area contributed by atoms with Crippen LogP contribution in [0.5, 0.6) is 11.5 Å². The van der Waals surface area contributed by atoms with E-state index in [0.29, 0.717) is 32.5 Å². The second-order valence-electron chi connectivity index (χ2n) is 16.1. The Morgan fingerprint density at radius 3 is 0.766 bits per heavy atom. The second kappa shape index (κ2) is 37.0. The predicted octanol–water partition coefficient (Wildman–Crippen LogP) is 11.1. The fraction of sp³-hybridized carbons (Fsp3) is 0.154. The number of para-hydroxylation sites is 2. The van der Waals surface area contributed by atoms with Crippen LogP contribution in [-0.4, -0.2) is 94.9 Å². The summed E-state index contributed by atoms with van der Waals surface area (Å²) in [5, 5.41) is 65.7. The van der Waals surface area contributed by atoms with Gasteiger partial charge in [0, 0.05) is 10.0 Å². The van der Waals surface area contributed by atoms with Crippen molar-refractivity contribution in [2.45, 2.75) is 49.4 Å². The Hall–Kier alpha value is -7.41. The number of alkyl halides is 24. The summed E-state index contributed by atoms with van der Waals surface area (Å²) < 4.78 is 271. The molecule has 94 heavy (non-hydrogen) atoms. The summed E-state index contributed by atoms with van der Waals surface area (Å²) >= 11 is 11.6. The smallest absolute Gasteiger partial charge is 0.871 e. The van der Waals surface area contributed by atoms with Gasteiger partial charge in [-0.2, -0.15) is 105 Å². The molecule has 0 saturated heterocycles. The molecule has 2 aromatic heterocycles. The van der Waals surface area contributed by atoms with E-state index >= 15 is 0 Å². The van der Waals surface area contributed by atoms with E-state index < -0.39 is 120 Å². The van der Waals surface area contributed by atoms with Crippen LogP contribution >= 0.6 is 23.2 Å². The summed E-state index contributed by atoms with van der Waals surface area (Å²) in [6.45, 7) is 0. The quantitative estimate of drug-likeness (QED) is 0.0596. The number of carbonyl (C=O) groups excluding carboxylic acids is 4. The van der Waals surface area contributed by atoms with Crippen molar-refractivity contribution >= 4 is 91.9 Å². The molecular formula is C52H24Cl2F24N4O10Y2. The van der Waals surface area contributed by atoms with E-state index in [4.69, 9.17) is 23.2 Å². The van der Waals surface area contributed by atoms with Crippen molar-refractivity contribution in [3.8, 4) is 11.5 Å². The maximum atomic E-state index is 11.7. The van der Waals surface area contributed by atoms with Gasteiger partial charge in [0.2, 0.25) is 0 Å². The minimum absolute atomic E-state index is 0. The fourth-order valence-electron chi connectivity index (χ4n) is 4.88. The van der Waals surface area contributed by atoms with Crippen LogP contribution in [0.3, 0.4) is 0 Å². The van der Waals surface area contributed by atoms with E-state index in [2.05, 4.69) is 20.0 Å². The van der Waals surface area contributed by atoms with Gasteiger partial charge in [0.15, 0.2) is 0 Å². The summed E-state index contributed by atoms with van der Waals surface area (Å²) in [5.41, 5.74) is 3.80. The number of benzene rings is 4. The second-order valence-corrected chi connectivity index (χ2v) is 16.9. The molecule has 0 radical (unpaired) electrons. The average Bonchev–Trinajstić information content (AvgIpc) is 0.833. The molecule has 42 heteroatoms. The molecule has 0 amide bonds. The van der Waals surface area contributed by atoms with E-state index in [1.54, 1.807) is 48.8 Å². The van der Waals surface area contributed by atoms with Crippen molar-refractivity contribution in [2.24, 2.45) is 9.98 Å². The van der Waals surface area contributed by atoms with Crippen LogP contribution in [0, 0.1) is 0 Å². The van der Waals surface area contributed by atoms with Crippen LogP contribution in [-0.2, 0) is 84.6 Å². The van der Waals surface area contributed by atoms with Crippen molar-refractivity contribution < 1.29 is 221 Å². The van der Waals surface area contributed by atoms with Gasteiger partial charge in [0.05, 0.1) is 46.2 Å². The van der Waals surface area contributed by atoms with Crippen LogP contribution in [0.4, 0.5) is 117 Å². The third-order valence-electron chi connectivity index (χ3n) is 9.04. The number of fused-ring (bicyclic) bond motifs is 2. The van der Waals surface area contributed by atoms with Crippen LogP contribution in [0.2, 0.25) is 10.0 Å². The average molecular weight is 1570 g/mol. The van der Waals surface area contributed by atoms with E-state index in [1.807, 2.05) is 60.7 Å². The number of halogens is 26. The van der Waals surface area contributed by atoms with Gasteiger partial charge in [-0.05, 0) is 119 Å². The molecule has 0 aliphatic carbocycles. The molecule has 6 rings (SSSR count). The van der Waals surface area contributed by atoms with Crippen LogP contribution in [0.15, 0.2) is 167 Å². The fourth-order valence-corrected chi connectivity index (χ4v) is 5.13. The monoisotopic (exact) mass is 1570 g/mol. The van der Waals surface area contributed by atoms with Crippen molar-refractivity contribution in [1.29, 1.82) is 0 Å². The number of ketones is 4. The van der Waals surface area contributed by atoms with E-state index in [9.17, 15) is 155 Å². The Bertz CT molecular complexity index is 3370. The van der Waals surface area contributed by atoms with Crippen molar-refractivity contribution in [3.05, 3.63) is 178 Å². The van der Waals surface area contributed by atoms with Crippen LogP contribution in [0.25, 0.3) is 21.8 Å². The molecule has 0 fully saturated rings. The minimum atomic E-state index is -5.46. The third-order valence-corrected chi connectivity index (χ3v) is 9.54. The Balaban J connectivity index is 0. The topological polar surface area (TPSA) is 257 Å². The molecule has 0 unspecified atom stereocenters. The summed E-state index contributed by atoms with van der Waals surface area (Å²) in [4.78, 5) is 56.5. The van der Waals surface area contributed by atoms with Gasteiger partial charge in [-0.25, -0.2) is 9.97 Å². The Morgan fingerprint density at radius 2 is 0.564 bits per heavy atom. The number of rotatable bonds is 8. The molecule has 0 N–H and O–H groups in total. The van der Waals surface area contributed by atoms with Crippen LogP contribution in [0.1, 0.15) is 11.4 Å². The molecule has 0 atom stereocenters. The molecule has 0 saturated carbocycles. The maximum Gasteiger partial charge on any atom is 3.00 e. The van der Waals surface area contributed by atoms with Gasteiger partial charge in [-0.1, -0.05) is 83.2 Å². The third kappa shape index (κ3) is 33.6. The van der Waals surface area contributed by atoms with Crippen LogP contribution < -0.4 is 30.6 Å². The zero-order valence-electron chi connectivity index (χ0n) is 44.7. The Morgan fingerprint density at radius 1 is 0.340 bits per heavy atom. The molecule has 0 bridgehead atoms. The molecule has 6 aromatic rings. The van der Waals surface area contributed by atoms with Gasteiger partial charge >= 0.3 is 115 Å². The number of hydrogen-bond acceptors (Lipinski definition) is 14. The van der Waals surface area contributed by atoms with Gasteiger partial charge in [0.1, 0.15) is 0 Å². The molecule has 500 valence electrons. The van der Waals surface area contributed by atoms with Gasteiger partial charge in [-0.15, -0.1) is 0 Å². The predicted molar refractivity (Wildman–Crippen MR) is 261 cm³/mol. The van der Waals surface area contributed by atoms with E-state index in [1.165, 1.54) is 12.1 Å². The zero-order valence-corrected chi connectivity index (χ0v) is 51.9. The van der Waals surface area contributed by atoms with Crippen molar-refractivity contribution in [2.75, 3.05) is 0 Å². The first-order valence-corrected chi connectivity index (χ1v) is 23.4. The minimum Gasteiger partial charge on any atom is -0.871 e. The summed E-state index contributed by atoms with van der Waals surface area (Å²) in [6, 6.07) is 32.0. The molecule has 0 aliphatic heterocycles. The zero-order chi connectivity index (χ0) is 71.3. The van der Waals surface area contributed by atoms with E-state index in [0.717, 1.165) is 22.1 Å². The standard InChI is InChI=1S/2C16H11ClN2O.4C5H2F6O2.2Y/c2*17-12-5-8-13(9-6-12)18-10-14-7-4-11-2-1-3-15(20)16(11)19-14;4*6-4(7,8)2(12)1-3(13)5(9,10)11;;/h2*1-10,20H;4*1,12H;;/q;;;;;;2*+3/p-6/b;;4*2-1-;;. The number of aliphatic imine (C=N–C) groups is 2. The number of pyridine rings is 2. The number of hydrogen-bond donors (Lipinski definition) is 0. The number of nitrogens with zero attached hydrogens (tertiary/aromatic N) is 4. The molecule has 4 aromatic carbocycles. The first-order valence-electron chi connectivity index (χ1n) is 22.7. The normalized spacial score (nSPS) is 12.8. The first kappa shape index (κ1) is 88.6. The summed E-state index contributed by atoms with van der Waals surface area (Å²) in [6.07, 6.45) is -44.5. The van der Waals surface area contributed by atoms with E-state index in [-0.39, 0.29) is 76.9 Å². The Labute approximate surface area is 567 Å². The SMILES string of the molecule is O=C(/C=C(\[O-])C(F)(F)F)C(F)(F)F.O=C(/C=C(\[O-])C(F)(F)F)C(F)(F)F.O=C(/C=C(\[O-])C(F)(F)F)C(F)(F)F.O=C(/C=C(\[O-])C(F)(F)F)C(F)(F)F.[O-]c1cccc2ccc(C=Nc3ccc(Cl)cc3)nc12.[O-]c1cccc2ccc(C=Nc3ccc(Cl)cc3)nc12.[Y+3].[Y+3]. The summed E-state index contributed by atoms with van der Waals surface area (Å²) in [5.74, 6) is -22.8. The first-order chi connectivity index (χ1) is 41.6. The largest absolute Gasteiger partial charge is 3.00 e.